The molecule has 7 heteroatoms. The zero-order valence-corrected chi connectivity index (χ0v) is 19.2. The Balaban J connectivity index is 1.99. The van der Waals surface area contributed by atoms with E-state index in [4.69, 9.17) is 5.73 Å². The van der Waals surface area contributed by atoms with Crippen LogP contribution < -0.4 is 16.0 Å². The summed E-state index contributed by atoms with van der Waals surface area (Å²) in [7, 11) is 0. The SMILES string of the molecule is CC(Nc1ccccc1)C(=O)N(c1ccccc1)C(C)(C(=O)O)C(=O)C(N)Cc1ccccc1. The number of carboxylic acid groups (broad SMARTS) is 1. The number of Topliss-reactive ketones (excluding diaryl/α,β-unsaturated/α-hetero) is 1. The van der Waals surface area contributed by atoms with Crippen molar-refractivity contribution < 1.29 is 19.5 Å². The van der Waals surface area contributed by atoms with Gasteiger partial charge in [0, 0.05) is 11.4 Å². The van der Waals surface area contributed by atoms with E-state index < -0.39 is 35.3 Å². The number of nitrogens with two attached hydrogens (primary N) is 1. The largest absolute Gasteiger partial charge is 0.479 e. The summed E-state index contributed by atoms with van der Waals surface area (Å²) in [6.07, 6.45) is 0.150. The summed E-state index contributed by atoms with van der Waals surface area (Å²) in [5.41, 5.74) is 5.78. The molecular weight excluding hydrogens is 430 g/mol. The lowest BCUT2D eigenvalue weighted by Gasteiger charge is -2.39. The Morgan fingerprint density at radius 3 is 1.94 bits per heavy atom. The zero-order chi connectivity index (χ0) is 24.7. The molecule has 0 fully saturated rings. The molecule has 0 radical (unpaired) electrons. The molecule has 3 atom stereocenters. The average molecular weight is 460 g/mol. The maximum absolute atomic E-state index is 13.7. The standard InChI is InChI=1S/C27H29N3O4/c1-19(29-21-14-8-4-9-15-21)25(32)30(22-16-10-5-11-17-22)27(2,26(33)34)24(31)23(28)18-20-12-6-3-7-13-20/h3-17,19,23,29H,18,28H2,1-2H3,(H,33,34). The second-order valence-corrected chi connectivity index (χ2v) is 8.28. The first-order chi connectivity index (χ1) is 16.2. The van der Waals surface area contributed by atoms with Crippen molar-refractivity contribution in [1.29, 1.82) is 0 Å². The van der Waals surface area contributed by atoms with Gasteiger partial charge in [-0.05, 0) is 50.1 Å². The van der Waals surface area contributed by atoms with E-state index in [2.05, 4.69) is 5.32 Å². The Labute approximate surface area is 199 Å². The summed E-state index contributed by atoms with van der Waals surface area (Å²) in [5, 5.41) is 13.4. The molecule has 0 aliphatic heterocycles. The molecule has 0 spiro atoms. The molecule has 3 aromatic rings. The smallest absolute Gasteiger partial charge is 0.337 e. The second-order valence-electron chi connectivity index (χ2n) is 8.28. The maximum atomic E-state index is 13.7. The predicted molar refractivity (Wildman–Crippen MR) is 133 cm³/mol. The Bertz CT molecular complexity index is 1120. The molecule has 3 unspecified atom stereocenters. The first-order valence-corrected chi connectivity index (χ1v) is 11.0. The van der Waals surface area contributed by atoms with Gasteiger partial charge in [-0.1, -0.05) is 66.7 Å². The van der Waals surface area contributed by atoms with Crippen molar-refractivity contribution in [3.63, 3.8) is 0 Å². The Hall–Kier alpha value is -3.97. The lowest BCUT2D eigenvalue weighted by Crippen LogP contribution is -2.66. The molecular formula is C27H29N3O4. The van der Waals surface area contributed by atoms with E-state index in [0.29, 0.717) is 11.4 Å². The molecule has 0 aliphatic rings. The highest BCUT2D eigenvalue weighted by molar-refractivity contribution is 6.19. The number of carbonyl (C=O) groups excluding carboxylic acids is 2. The number of amides is 1. The highest BCUT2D eigenvalue weighted by Crippen LogP contribution is 2.29. The molecule has 0 aromatic heterocycles. The average Bonchev–Trinajstić information content (AvgIpc) is 2.85. The summed E-state index contributed by atoms with van der Waals surface area (Å²) in [6, 6.07) is 24.6. The number of nitrogens with zero attached hydrogens (tertiary/aromatic N) is 1. The Morgan fingerprint density at radius 2 is 1.41 bits per heavy atom. The van der Waals surface area contributed by atoms with Crippen LogP contribution in [0, 0.1) is 0 Å². The molecule has 1 amide bonds. The molecule has 7 nitrogen and oxygen atoms in total. The van der Waals surface area contributed by atoms with Crippen molar-refractivity contribution >= 4 is 29.0 Å². The number of ketones is 1. The monoisotopic (exact) mass is 459 g/mol. The first-order valence-electron chi connectivity index (χ1n) is 11.0. The van der Waals surface area contributed by atoms with Gasteiger partial charge >= 0.3 is 5.97 Å². The lowest BCUT2D eigenvalue weighted by molar-refractivity contribution is -0.150. The summed E-state index contributed by atoms with van der Waals surface area (Å²) < 4.78 is 0. The number of anilines is 2. The fourth-order valence-corrected chi connectivity index (χ4v) is 3.86. The highest BCUT2D eigenvalue weighted by atomic mass is 16.4. The van der Waals surface area contributed by atoms with Crippen LogP contribution in [0.3, 0.4) is 0 Å². The van der Waals surface area contributed by atoms with Crippen LogP contribution in [-0.2, 0) is 20.8 Å². The van der Waals surface area contributed by atoms with Crippen LogP contribution in [0.15, 0.2) is 91.0 Å². The van der Waals surface area contributed by atoms with Crippen LogP contribution in [-0.4, -0.2) is 40.4 Å². The minimum atomic E-state index is -2.22. The molecule has 34 heavy (non-hydrogen) atoms. The van der Waals surface area contributed by atoms with Gasteiger partial charge in [0.2, 0.25) is 5.54 Å². The number of nitrogens with one attached hydrogen (secondary N) is 1. The van der Waals surface area contributed by atoms with E-state index >= 15 is 0 Å². The molecule has 0 bridgehead atoms. The number of hydrogen-bond acceptors (Lipinski definition) is 5. The number of para-hydroxylation sites is 2. The summed E-state index contributed by atoms with van der Waals surface area (Å²) >= 11 is 0. The van der Waals surface area contributed by atoms with Crippen LogP contribution in [0.25, 0.3) is 0 Å². The van der Waals surface area contributed by atoms with E-state index in [1.165, 1.54) is 6.92 Å². The van der Waals surface area contributed by atoms with Gasteiger partial charge in [0.05, 0.1) is 6.04 Å². The summed E-state index contributed by atoms with van der Waals surface area (Å²) in [6.45, 7) is 2.87. The first kappa shape index (κ1) is 24.7. The van der Waals surface area contributed by atoms with Crippen LogP contribution in [0.4, 0.5) is 11.4 Å². The van der Waals surface area contributed by atoms with Gasteiger partial charge < -0.3 is 16.2 Å². The minimum absolute atomic E-state index is 0.150. The maximum Gasteiger partial charge on any atom is 0.337 e. The molecule has 0 heterocycles. The number of hydrogen-bond donors (Lipinski definition) is 3. The molecule has 0 aliphatic carbocycles. The molecule has 176 valence electrons. The van der Waals surface area contributed by atoms with Gasteiger partial charge in [0.1, 0.15) is 6.04 Å². The number of benzene rings is 3. The van der Waals surface area contributed by atoms with Crippen molar-refractivity contribution in [2.24, 2.45) is 5.73 Å². The number of rotatable bonds is 10. The van der Waals surface area contributed by atoms with E-state index in [-0.39, 0.29) is 6.42 Å². The van der Waals surface area contributed by atoms with Crippen LogP contribution in [0.2, 0.25) is 0 Å². The van der Waals surface area contributed by atoms with Gasteiger partial charge in [-0.3, -0.25) is 14.5 Å². The Morgan fingerprint density at radius 1 is 0.912 bits per heavy atom. The van der Waals surface area contributed by atoms with E-state index in [1.54, 1.807) is 49.4 Å². The molecule has 3 aromatic carbocycles. The third-order valence-corrected chi connectivity index (χ3v) is 5.74. The molecule has 3 rings (SSSR count). The fourth-order valence-electron chi connectivity index (χ4n) is 3.86. The molecule has 0 saturated heterocycles. The van der Waals surface area contributed by atoms with Crippen molar-refractivity contribution in [2.75, 3.05) is 10.2 Å². The van der Waals surface area contributed by atoms with Gasteiger partial charge in [-0.15, -0.1) is 0 Å². The normalized spacial score (nSPS) is 14.3. The van der Waals surface area contributed by atoms with Gasteiger partial charge in [0.15, 0.2) is 5.78 Å². The topological polar surface area (TPSA) is 113 Å². The van der Waals surface area contributed by atoms with Crippen molar-refractivity contribution in [1.82, 2.24) is 0 Å². The van der Waals surface area contributed by atoms with E-state index in [1.807, 2.05) is 48.5 Å². The molecule has 4 N–H and O–H groups in total. The van der Waals surface area contributed by atoms with E-state index in [0.717, 1.165) is 10.5 Å². The second kappa shape index (κ2) is 10.8. The quantitative estimate of drug-likeness (QED) is 0.400. The van der Waals surface area contributed by atoms with Crippen LogP contribution in [0.5, 0.6) is 0 Å². The predicted octanol–water partition coefficient (Wildman–Crippen LogP) is 3.50. The Kier molecular flexibility index (Phi) is 7.81. The zero-order valence-electron chi connectivity index (χ0n) is 19.2. The van der Waals surface area contributed by atoms with Crippen molar-refractivity contribution in [3.05, 3.63) is 96.6 Å². The highest BCUT2D eigenvalue weighted by Gasteiger charge is 2.52. The molecule has 0 saturated carbocycles. The van der Waals surface area contributed by atoms with Crippen molar-refractivity contribution in [2.45, 2.75) is 37.9 Å². The van der Waals surface area contributed by atoms with Crippen LogP contribution in [0.1, 0.15) is 19.4 Å². The number of aliphatic carboxylic acids is 1. The third kappa shape index (κ3) is 5.32. The number of carboxylic acids is 1. The van der Waals surface area contributed by atoms with Gasteiger partial charge in [-0.25, -0.2) is 4.79 Å². The van der Waals surface area contributed by atoms with Gasteiger partial charge in [-0.2, -0.15) is 0 Å². The summed E-state index contributed by atoms with van der Waals surface area (Å²) in [4.78, 5) is 41.0. The van der Waals surface area contributed by atoms with Crippen LogP contribution >= 0.6 is 0 Å². The summed E-state index contributed by atoms with van der Waals surface area (Å²) in [5.74, 6) is -2.78. The van der Waals surface area contributed by atoms with Crippen molar-refractivity contribution in [3.8, 4) is 0 Å². The fraction of sp³-hybridized carbons (Fsp3) is 0.222. The number of carbonyl (C=O) groups is 3. The lowest BCUT2D eigenvalue weighted by atomic mass is 9.86. The third-order valence-electron chi connectivity index (χ3n) is 5.74. The van der Waals surface area contributed by atoms with Gasteiger partial charge in [0.25, 0.3) is 5.91 Å². The minimum Gasteiger partial charge on any atom is -0.479 e. The van der Waals surface area contributed by atoms with E-state index in [9.17, 15) is 19.5 Å².